The molecule has 0 bridgehead atoms. The Morgan fingerprint density at radius 3 is 2.57 bits per heavy atom. The molecule has 2 aromatic heterocycles. The van der Waals surface area contributed by atoms with E-state index >= 15 is 0 Å². The fourth-order valence-electron chi connectivity index (χ4n) is 3.05. The molecular formula is C18H20N8OS. The third-order valence-corrected chi connectivity index (χ3v) is 5.48. The molecule has 9 nitrogen and oxygen atoms in total. The average molecular weight is 396 g/mol. The van der Waals surface area contributed by atoms with Gasteiger partial charge in [0.25, 0.3) is 0 Å². The van der Waals surface area contributed by atoms with Crippen molar-refractivity contribution in [2.45, 2.75) is 12.1 Å². The van der Waals surface area contributed by atoms with Crippen molar-refractivity contribution >= 4 is 23.6 Å². The number of para-hydroxylation sites is 1. The molecule has 1 amide bonds. The van der Waals surface area contributed by atoms with E-state index in [0.29, 0.717) is 29.9 Å². The number of aromatic nitrogens is 6. The summed E-state index contributed by atoms with van der Waals surface area (Å²) in [6.07, 6.45) is 3.46. The quantitative estimate of drug-likeness (QED) is 0.594. The second-order valence-corrected chi connectivity index (χ2v) is 7.31. The molecule has 1 aromatic carbocycles. The molecule has 0 unspecified atom stereocenters. The van der Waals surface area contributed by atoms with Crippen molar-refractivity contribution in [3.05, 3.63) is 48.3 Å². The minimum Gasteiger partial charge on any atom is -0.338 e. The maximum atomic E-state index is 12.6. The number of carbonyl (C=O) groups is 1. The van der Waals surface area contributed by atoms with Crippen LogP contribution in [0, 0.1) is 6.92 Å². The summed E-state index contributed by atoms with van der Waals surface area (Å²) in [4.78, 5) is 25.1. The van der Waals surface area contributed by atoms with Gasteiger partial charge in [0.05, 0.1) is 11.4 Å². The second kappa shape index (κ2) is 8.34. The minimum absolute atomic E-state index is 0.0814. The zero-order valence-electron chi connectivity index (χ0n) is 15.5. The maximum absolute atomic E-state index is 12.6. The first-order chi connectivity index (χ1) is 13.7. The van der Waals surface area contributed by atoms with Crippen molar-refractivity contribution in [3.63, 3.8) is 0 Å². The van der Waals surface area contributed by atoms with Crippen LogP contribution in [0.2, 0.25) is 0 Å². The summed E-state index contributed by atoms with van der Waals surface area (Å²) in [6, 6.07) is 9.68. The van der Waals surface area contributed by atoms with Crippen LogP contribution in [0.25, 0.3) is 5.69 Å². The highest BCUT2D eigenvalue weighted by Gasteiger charge is 2.23. The van der Waals surface area contributed by atoms with E-state index in [9.17, 15) is 4.79 Å². The van der Waals surface area contributed by atoms with Crippen LogP contribution in [0.15, 0.2) is 47.9 Å². The Morgan fingerprint density at radius 1 is 1.07 bits per heavy atom. The number of hydrogen-bond donors (Lipinski definition) is 0. The van der Waals surface area contributed by atoms with Crippen LogP contribution in [0.4, 0.5) is 5.95 Å². The number of hydrogen-bond acceptors (Lipinski definition) is 8. The summed E-state index contributed by atoms with van der Waals surface area (Å²) < 4.78 is 1.68. The normalized spacial score (nSPS) is 14.3. The van der Waals surface area contributed by atoms with Gasteiger partial charge in [-0.3, -0.25) is 4.79 Å². The third kappa shape index (κ3) is 3.96. The average Bonchev–Trinajstić information content (AvgIpc) is 3.21. The van der Waals surface area contributed by atoms with Crippen LogP contribution in [0.3, 0.4) is 0 Å². The number of nitrogens with zero attached hydrogens (tertiary/aromatic N) is 8. The smallest absolute Gasteiger partial charge is 0.233 e. The van der Waals surface area contributed by atoms with Crippen LogP contribution < -0.4 is 4.90 Å². The van der Waals surface area contributed by atoms with E-state index in [0.717, 1.165) is 24.3 Å². The van der Waals surface area contributed by atoms with Gasteiger partial charge in [0, 0.05) is 38.6 Å². The van der Waals surface area contributed by atoms with Gasteiger partial charge in [-0.25, -0.2) is 9.97 Å². The Morgan fingerprint density at radius 2 is 1.82 bits per heavy atom. The Bertz CT molecular complexity index is 940. The molecule has 0 atom stereocenters. The summed E-state index contributed by atoms with van der Waals surface area (Å²) in [5.41, 5.74) is 1.99. The van der Waals surface area contributed by atoms with E-state index in [1.54, 1.807) is 23.1 Å². The summed E-state index contributed by atoms with van der Waals surface area (Å²) in [5.74, 6) is 1.09. The Labute approximate surface area is 166 Å². The predicted molar refractivity (Wildman–Crippen MR) is 105 cm³/mol. The van der Waals surface area contributed by atoms with Gasteiger partial charge in [-0.2, -0.15) is 4.68 Å². The number of aryl methyl sites for hydroxylation is 1. The fourth-order valence-corrected chi connectivity index (χ4v) is 3.84. The van der Waals surface area contributed by atoms with Gasteiger partial charge in [0.1, 0.15) is 0 Å². The predicted octanol–water partition coefficient (Wildman–Crippen LogP) is 1.20. The van der Waals surface area contributed by atoms with Crippen LogP contribution in [0.1, 0.15) is 5.56 Å². The number of anilines is 1. The standard InChI is InChI=1S/C18H20N8OS/c1-14-5-2-3-6-15(14)26-18(21-22-23-26)28-13-16(27)24-9-11-25(12-10-24)17-19-7-4-8-20-17/h2-8H,9-13H2,1H3. The molecule has 0 N–H and O–H groups in total. The van der Waals surface area contributed by atoms with E-state index < -0.39 is 0 Å². The van der Waals surface area contributed by atoms with E-state index in [1.807, 2.05) is 36.1 Å². The monoisotopic (exact) mass is 396 g/mol. The Kier molecular flexibility index (Phi) is 5.47. The molecule has 1 aliphatic rings. The Hall–Kier alpha value is -3.01. The van der Waals surface area contributed by atoms with Crippen LogP contribution in [-0.4, -0.2) is 72.9 Å². The van der Waals surface area contributed by atoms with Crippen molar-refractivity contribution in [1.82, 2.24) is 35.1 Å². The molecule has 0 spiro atoms. The van der Waals surface area contributed by atoms with Crippen LogP contribution >= 0.6 is 11.8 Å². The number of amides is 1. The molecule has 4 rings (SSSR count). The van der Waals surface area contributed by atoms with E-state index in [1.165, 1.54) is 11.8 Å². The lowest BCUT2D eigenvalue weighted by molar-refractivity contribution is -0.128. The van der Waals surface area contributed by atoms with E-state index in [-0.39, 0.29) is 5.91 Å². The first kappa shape index (κ1) is 18.4. The van der Waals surface area contributed by atoms with Crippen LogP contribution in [-0.2, 0) is 4.79 Å². The largest absolute Gasteiger partial charge is 0.338 e. The fraction of sp³-hybridized carbons (Fsp3) is 0.333. The van der Waals surface area contributed by atoms with Gasteiger partial charge in [-0.1, -0.05) is 30.0 Å². The summed E-state index contributed by atoms with van der Waals surface area (Å²) >= 11 is 1.35. The van der Waals surface area contributed by atoms with Gasteiger partial charge in [-0.05, 0) is 35.0 Å². The van der Waals surface area contributed by atoms with E-state index in [2.05, 4.69) is 30.4 Å². The number of carbonyl (C=O) groups excluding carboxylic acids is 1. The highest BCUT2D eigenvalue weighted by Crippen LogP contribution is 2.21. The molecule has 0 saturated carbocycles. The molecular weight excluding hydrogens is 376 g/mol. The van der Waals surface area contributed by atoms with Gasteiger partial charge in [-0.15, -0.1) is 5.10 Å². The lowest BCUT2D eigenvalue weighted by atomic mass is 10.2. The number of piperazine rings is 1. The van der Waals surface area contributed by atoms with Crippen molar-refractivity contribution in [3.8, 4) is 5.69 Å². The lowest BCUT2D eigenvalue weighted by Gasteiger charge is -2.34. The number of rotatable bonds is 5. The van der Waals surface area contributed by atoms with Gasteiger partial charge in [0.15, 0.2) is 0 Å². The topological polar surface area (TPSA) is 92.9 Å². The second-order valence-electron chi connectivity index (χ2n) is 6.37. The molecule has 1 aliphatic heterocycles. The molecule has 0 radical (unpaired) electrons. The summed E-state index contributed by atoms with van der Waals surface area (Å²) in [6.45, 7) is 4.76. The molecule has 1 saturated heterocycles. The van der Waals surface area contributed by atoms with Crippen LogP contribution in [0.5, 0.6) is 0 Å². The molecule has 1 fully saturated rings. The number of benzene rings is 1. The molecule has 0 aliphatic carbocycles. The lowest BCUT2D eigenvalue weighted by Crippen LogP contribution is -2.49. The molecule has 144 valence electrons. The van der Waals surface area contributed by atoms with E-state index in [4.69, 9.17) is 0 Å². The molecule has 3 heterocycles. The molecule has 28 heavy (non-hydrogen) atoms. The van der Waals surface area contributed by atoms with Gasteiger partial charge < -0.3 is 9.80 Å². The third-order valence-electron chi connectivity index (χ3n) is 4.58. The first-order valence-corrected chi connectivity index (χ1v) is 9.98. The summed E-state index contributed by atoms with van der Waals surface area (Å²) in [7, 11) is 0. The van der Waals surface area contributed by atoms with Crippen molar-refractivity contribution in [2.24, 2.45) is 0 Å². The molecule has 10 heteroatoms. The molecule has 3 aromatic rings. The summed E-state index contributed by atoms with van der Waals surface area (Å²) in [5, 5.41) is 12.5. The first-order valence-electron chi connectivity index (χ1n) is 8.99. The number of tetrazole rings is 1. The van der Waals surface area contributed by atoms with Crippen molar-refractivity contribution in [2.75, 3.05) is 36.8 Å². The van der Waals surface area contributed by atoms with Crippen molar-refractivity contribution in [1.29, 1.82) is 0 Å². The number of thioether (sulfide) groups is 1. The Balaban J connectivity index is 1.34. The highest BCUT2D eigenvalue weighted by molar-refractivity contribution is 7.99. The zero-order valence-corrected chi connectivity index (χ0v) is 16.3. The SMILES string of the molecule is Cc1ccccc1-n1nnnc1SCC(=O)N1CCN(c2ncccn2)CC1. The van der Waals surface area contributed by atoms with Crippen molar-refractivity contribution < 1.29 is 4.79 Å². The van der Waals surface area contributed by atoms with Gasteiger partial charge >= 0.3 is 0 Å². The van der Waals surface area contributed by atoms with Gasteiger partial charge in [0.2, 0.25) is 17.0 Å². The highest BCUT2D eigenvalue weighted by atomic mass is 32.2. The zero-order chi connectivity index (χ0) is 19.3. The maximum Gasteiger partial charge on any atom is 0.233 e. The minimum atomic E-state index is 0.0814.